The van der Waals surface area contributed by atoms with Gasteiger partial charge in [-0.1, -0.05) is 17.7 Å². The SMILES string of the molecule is N#Cc1c(-c2c(F)cccc2Cl)cc(-c2ccc([N+](=O)[O-])cc2)nc1N. The zero-order valence-electron chi connectivity index (χ0n) is 13.1. The Labute approximate surface area is 152 Å². The number of nitriles is 1. The van der Waals surface area contributed by atoms with Crippen LogP contribution in [-0.4, -0.2) is 9.91 Å². The molecule has 0 aliphatic rings. The molecule has 0 aliphatic carbocycles. The number of benzene rings is 2. The summed E-state index contributed by atoms with van der Waals surface area (Å²) in [5.74, 6) is -0.688. The lowest BCUT2D eigenvalue weighted by atomic mass is 9.98. The molecule has 0 fully saturated rings. The van der Waals surface area contributed by atoms with Crippen molar-refractivity contribution in [2.45, 2.75) is 0 Å². The van der Waals surface area contributed by atoms with E-state index in [4.69, 9.17) is 17.3 Å². The van der Waals surface area contributed by atoms with Gasteiger partial charge in [-0.05, 0) is 30.3 Å². The summed E-state index contributed by atoms with van der Waals surface area (Å²) in [6.07, 6.45) is 0. The van der Waals surface area contributed by atoms with Crippen LogP contribution >= 0.6 is 11.6 Å². The molecule has 0 atom stereocenters. The second kappa shape index (κ2) is 6.78. The minimum absolute atomic E-state index is 0.00246. The maximum Gasteiger partial charge on any atom is 0.269 e. The van der Waals surface area contributed by atoms with Gasteiger partial charge < -0.3 is 5.73 Å². The highest BCUT2D eigenvalue weighted by atomic mass is 35.5. The van der Waals surface area contributed by atoms with E-state index in [2.05, 4.69) is 4.98 Å². The van der Waals surface area contributed by atoms with Gasteiger partial charge in [0.1, 0.15) is 23.3 Å². The van der Waals surface area contributed by atoms with E-state index in [1.807, 2.05) is 6.07 Å². The van der Waals surface area contributed by atoms with Gasteiger partial charge in [0, 0.05) is 28.8 Å². The van der Waals surface area contributed by atoms with Gasteiger partial charge in [0.2, 0.25) is 0 Å². The van der Waals surface area contributed by atoms with Gasteiger partial charge >= 0.3 is 0 Å². The van der Waals surface area contributed by atoms with Crippen molar-refractivity contribution in [1.29, 1.82) is 5.26 Å². The Morgan fingerprint density at radius 2 is 1.92 bits per heavy atom. The van der Waals surface area contributed by atoms with Crippen molar-refractivity contribution in [3.63, 3.8) is 0 Å². The highest BCUT2D eigenvalue weighted by Gasteiger charge is 2.19. The standard InChI is InChI=1S/C18H10ClFN4O2/c19-14-2-1-3-15(20)17(14)12-8-16(23-18(22)13(12)9-21)10-4-6-11(7-5-10)24(25)26/h1-8H,(H2,22,23). The third-order valence-electron chi connectivity index (χ3n) is 3.77. The fourth-order valence-corrected chi connectivity index (χ4v) is 2.80. The number of nitrogen functional groups attached to an aromatic ring is 1. The average Bonchev–Trinajstić information content (AvgIpc) is 2.61. The molecule has 3 aromatic rings. The van der Waals surface area contributed by atoms with Crippen LogP contribution in [0, 0.1) is 27.3 Å². The first kappa shape index (κ1) is 17.3. The number of nitrogens with two attached hydrogens (primary N) is 1. The predicted octanol–water partition coefficient (Wildman–Crippen LogP) is 4.57. The monoisotopic (exact) mass is 368 g/mol. The number of aromatic nitrogens is 1. The fourth-order valence-electron chi connectivity index (χ4n) is 2.54. The fraction of sp³-hybridized carbons (Fsp3) is 0. The molecule has 6 nitrogen and oxygen atoms in total. The smallest absolute Gasteiger partial charge is 0.269 e. The number of nitro groups is 1. The second-order valence-corrected chi connectivity index (χ2v) is 5.73. The van der Waals surface area contributed by atoms with Gasteiger partial charge in [0.05, 0.1) is 15.6 Å². The first-order valence-corrected chi connectivity index (χ1v) is 7.70. The van der Waals surface area contributed by atoms with E-state index in [0.717, 1.165) is 0 Å². The topological polar surface area (TPSA) is 106 Å². The molecule has 2 N–H and O–H groups in total. The molecule has 0 saturated heterocycles. The van der Waals surface area contributed by atoms with Gasteiger partial charge in [-0.15, -0.1) is 0 Å². The number of nitro benzene ring substituents is 1. The van der Waals surface area contributed by atoms with Gasteiger partial charge in [0.25, 0.3) is 5.69 Å². The van der Waals surface area contributed by atoms with E-state index in [9.17, 15) is 19.8 Å². The minimum Gasteiger partial charge on any atom is -0.383 e. The van der Waals surface area contributed by atoms with Gasteiger partial charge in [-0.25, -0.2) is 9.37 Å². The van der Waals surface area contributed by atoms with Crippen molar-refractivity contribution < 1.29 is 9.31 Å². The predicted molar refractivity (Wildman–Crippen MR) is 95.9 cm³/mol. The Morgan fingerprint density at radius 1 is 1.23 bits per heavy atom. The first-order chi connectivity index (χ1) is 12.4. The van der Waals surface area contributed by atoms with E-state index in [0.29, 0.717) is 11.3 Å². The number of non-ortho nitro benzene ring substituents is 1. The molecular formula is C18H10ClFN4O2. The molecular weight excluding hydrogens is 359 g/mol. The summed E-state index contributed by atoms with van der Waals surface area (Å²) in [7, 11) is 0. The van der Waals surface area contributed by atoms with E-state index in [-0.39, 0.29) is 33.2 Å². The lowest BCUT2D eigenvalue weighted by Crippen LogP contribution is -2.01. The lowest BCUT2D eigenvalue weighted by Gasteiger charge is -2.12. The number of halogens is 2. The van der Waals surface area contributed by atoms with Crippen molar-refractivity contribution in [2.24, 2.45) is 0 Å². The highest BCUT2D eigenvalue weighted by molar-refractivity contribution is 6.33. The number of hydrogen-bond donors (Lipinski definition) is 1. The summed E-state index contributed by atoms with van der Waals surface area (Å²) in [4.78, 5) is 14.4. The van der Waals surface area contributed by atoms with Crippen molar-refractivity contribution in [3.05, 3.63) is 75.0 Å². The highest BCUT2D eigenvalue weighted by Crippen LogP contribution is 2.36. The first-order valence-electron chi connectivity index (χ1n) is 7.32. The van der Waals surface area contributed by atoms with Crippen LogP contribution < -0.4 is 5.73 Å². The molecule has 0 spiro atoms. The summed E-state index contributed by atoms with van der Waals surface area (Å²) in [5, 5.41) is 20.3. The van der Waals surface area contributed by atoms with E-state index in [1.54, 1.807) is 0 Å². The molecule has 0 bridgehead atoms. The minimum atomic E-state index is -0.603. The number of anilines is 1. The molecule has 128 valence electrons. The molecule has 3 rings (SSSR count). The molecule has 0 saturated carbocycles. The van der Waals surface area contributed by atoms with Crippen LogP contribution in [0.25, 0.3) is 22.4 Å². The Morgan fingerprint density at radius 3 is 2.50 bits per heavy atom. The quantitative estimate of drug-likeness (QED) is 0.538. The third-order valence-corrected chi connectivity index (χ3v) is 4.08. The summed E-state index contributed by atoms with van der Waals surface area (Å²) in [6.45, 7) is 0. The van der Waals surface area contributed by atoms with Crippen molar-refractivity contribution >= 4 is 23.1 Å². The number of rotatable bonds is 3. The van der Waals surface area contributed by atoms with Crippen molar-refractivity contribution in [1.82, 2.24) is 4.98 Å². The zero-order valence-corrected chi connectivity index (χ0v) is 13.9. The number of hydrogen-bond acceptors (Lipinski definition) is 5. The van der Waals surface area contributed by atoms with Crippen LogP contribution in [0.5, 0.6) is 0 Å². The molecule has 2 aromatic carbocycles. The molecule has 0 radical (unpaired) electrons. The third kappa shape index (κ3) is 3.06. The zero-order chi connectivity index (χ0) is 18.8. The van der Waals surface area contributed by atoms with Gasteiger partial charge in [0.15, 0.2) is 0 Å². The van der Waals surface area contributed by atoms with Crippen molar-refractivity contribution in [3.8, 4) is 28.5 Å². The second-order valence-electron chi connectivity index (χ2n) is 5.33. The summed E-state index contributed by atoms with van der Waals surface area (Å²) in [6, 6.07) is 13.2. The van der Waals surface area contributed by atoms with Crippen LogP contribution in [0.1, 0.15) is 5.56 Å². The molecule has 1 aromatic heterocycles. The van der Waals surface area contributed by atoms with E-state index < -0.39 is 10.7 Å². The average molecular weight is 369 g/mol. The van der Waals surface area contributed by atoms with Crippen LogP contribution in [-0.2, 0) is 0 Å². The number of nitrogens with zero attached hydrogens (tertiary/aromatic N) is 3. The molecule has 1 heterocycles. The largest absolute Gasteiger partial charge is 0.383 e. The van der Waals surface area contributed by atoms with E-state index >= 15 is 0 Å². The van der Waals surface area contributed by atoms with Crippen molar-refractivity contribution in [2.75, 3.05) is 5.73 Å². The normalized spacial score (nSPS) is 10.3. The van der Waals surface area contributed by atoms with E-state index in [1.165, 1.54) is 48.5 Å². The molecule has 0 aliphatic heterocycles. The van der Waals surface area contributed by atoms with Crippen LogP contribution in [0.3, 0.4) is 0 Å². The van der Waals surface area contributed by atoms with Gasteiger partial charge in [-0.2, -0.15) is 5.26 Å². The van der Waals surface area contributed by atoms with Gasteiger partial charge in [-0.3, -0.25) is 10.1 Å². The molecule has 0 amide bonds. The summed E-state index contributed by atoms with van der Waals surface area (Å²) in [5.41, 5.74) is 6.92. The maximum absolute atomic E-state index is 14.3. The Bertz CT molecular complexity index is 1040. The van der Waals surface area contributed by atoms with Crippen LogP contribution in [0.4, 0.5) is 15.9 Å². The molecule has 8 heteroatoms. The van der Waals surface area contributed by atoms with Crippen LogP contribution in [0.15, 0.2) is 48.5 Å². The molecule has 0 unspecified atom stereocenters. The lowest BCUT2D eigenvalue weighted by molar-refractivity contribution is -0.384. The summed E-state index contributed by atoms with van der Waals surface area (Å²) >= 11 is 6.11. The Hall–Kier alpha value is -3.50. The number of pyridine rings is 1. The summed E-state index contributed by atoms with van der Waals surface area (Å²) < 4.78 is 14.3. The molecule has 26 heavy (non-hydrogen) atoms. The van der Waals surface area contributed by atoms with Crippen LogP contribution in [0.2, 0.25) is 5.02 Å². The Balaban J connectivity index is 2.23. The Kier molecular flexibility index (Phi) is 4.52. The maximum atomic E-state index is 14.3.